The fourth-order valence-electron chi connectivity index (χ4n) is 2.83. The molecule has 1 saturated heterocycles. The van der Waals surface area contributed by atoms with Crippen LogP contribution < -0.4 is 5.32 Å². The van der Waals surface area contributed by atoms with Crippen LogP contribution >= 0.6 is 0 Å². The number of unbranched alkanes of at least 4 members (excludes halogenated alkanes) is 5. The molecule has 1 atom stereocenters. The SMILES string of the molecule is CCCCCCCCN1CCC(=O)NC(CC(C)C)C1=O. The fourth-order valence-corrected chi connectivity index (χ4v) is 2.83. The highest BCUT2D eigenvalue weighted by molar-refractivity contribution is 5.89. The van der Waals surface area contributed by atoms with E-state index in [1.54, 1.807) is 0 Å². The van der Waals surface area contributed by atoms with Crippen molar-refractivity contribution in [2.45, 2.75) is 78.2 Å². The first-order valence-electron chi connectivity index (χ1n) is 8.62. The summed E-state index contributed by atoms with van der Waals surface area (Å²) in [7, 11) is 0. The van der Waals surface area contributed by atoms with E-state index >= 15 is 0 Å². The van der Waals surface area contributed by atoms with E-state index in [0.717, 1.165) is 19.4 Å². The molecule has 0 aromatic heterocycles. The van der Waals surface area contributed by atoms with Crippen molar-refractivity contribution in [1.82, 2.24) is 10.2 Å². The minimum absolute atomic E-state index is 0.0134. The molecule has 1 aliphatic heterocycles. The topological polar surface area (TPSA) is 49.4 Å². The van der Waals surface area contributed by atoms with Gasteiger partial charge in [0.05, 0.1) is 0 Å². The van der Waals surface area contributed by atoms with Gasteiger partial charge in [-0.15, -0.1) is 0 Å². The lowest BCUT2D eigenvalue weighted by molar-refractivity contribution is -0.134. The Balaban J connectivity index is 2.40. The number of rotatable bonds is 9. The van der Waals surface area contributed by atoms with Gasteiger partial charge < -0.3 is 10.2 Å². The average molecular weight is 296 g/mol. The third-order valence-corrected chi connectivity index (χ3v) is 4.04. The molecule has 0 spiro atoms. The van der Waals surface area contributed by atoms with Crippen LogP contribution in [0.2, 0.25) is 0 Å². The van der Waals surface area contributed by atoms with Gasteiger partial charge in [-0.3, -0.25) is 9.59 Å². The van der Waals surface area contributed by atoms with Crippen LogP contribution in [0.15, 0.2) is 0 Å². The molecule has 0 radical (unpaired) electrons. The summed E-state index contributed by atoms with van der Waals surface area (Å²) in [6.07, 6.45) is 8.52. The largest absolute Gasteiger partial charge is 0.344 e. The second-order valence-corrected chi connectivity index (χ2v) is 6.59. The summed E-state index contributed by atoms with van der Waals surface area (Å²) in [5.41, 5.74) is 0. The summed E-state index contributed by atoms with van der Waals surface area (Å²) in [5, 5.41) is 2.88. The smallest absolute Gasteiger partial charge is 0.245 e. The number of hydrogen-bond acceptors (Lipinski definition) is 2. The van der Waals surface area contributed by atoms with Gasteiger partial charge in [0.1, 0.15) is 6.04 Å². The van der Waals surface area contributed by atoms with Crippen LogP contribution in [-0.2, 0) is 9.59 Å². The monoisotopic (exact) mass is 296 g/mol. The number of nitrogens with one attached hydrogen (secondary N) is 1. The van der Waals surface area contributed by atoms with Crippen molar-refractivity contribution in [3.63, 3.8) is 0 Å². The summed E-state index contributed by atoms with van der Waals surface area (Å²) in [6, 6.07) is -0.319. The molecule has 2 amide bonds. The van der Waals surface area contributed by atoms with Crippen molar-refractivity contribution in [2.24, 2.45) is 5.92 Å². The molecule has 4 heteroatoms. The van der Waals surface area contributed by atoms with Gasteiger partial charge in [0.15, 0.2) is 0 Å². The van der Waals surface area contributed by atoms with Gasteiger partial charge >= 0.3 is 0 Å². The summed E-state index contributed by atoms with van der Waals surface area (Å²) >= 11 is 0. The van der Waals surface area contributed by atoms with Crippen molar-refractivity contribution in [3.05, 3.63) is 0 Å². The van der Waals surface area contributed by atoms with Crippen LogP contribution in [0.5, 0.6) is 0 Å². The molecule has 1 fully saturated rings. The lowest BCUT2D eigenvalue weighted by Gasteiger charge is -2.25. The Kier molecular flexibility index (Phi) is 8.40. The molecule has 4 nitrogen and oxygen atoms in total. The molecule has 122 valence electrons. The molecule has 0 aliphatic carbocycles. The lowest BCUT2D eigenvalue weighted by atomic mass is 10.0. The predicted molar refractivity (Wildman–Crippen MR) is 86.0 cm³/mol. The van der Waals surface area contributed by atoms with Crippen molar-refractivity contribution in [2.75, 3.05) is 13.1 Å². The molecule has 1 aliphatic rings. The first-order valence-corrected chi connectivity index (χ1v) is 8.62. The van der Waals surface area contributed by atoms with Crippen LogP contribution in [0.4, 0.5) is 0 Å². The molecular formula is C17H32N2O2. The molecule has 0 aromatic rings. The fraction of sp³-hybridized carbons (Fsp3) is 0.882. The number of carbonyl (C=O) groups is 2. The van der Waals surface area contributed by atoms with Crippen molar-refractivity contribution >= 4 is 11.8 Å². The zero-order valence-electron chi connectivity index (χ0n) is 14.0. The minimum atomic E-state index is -0.319. The third kappa shape index (κ3) is 6.96. The Morgan fingerprint density at radius 2 is 1.81 bits per heavy atom. The Morgan fingerprint density at radius 1 is 1.14 bits per heavy atom. The van der Waals surface area contributed by atoms with E-state index in [-0.39, 0.29) is 17.9 Å². The summed E-state index contributed by atoms with van der Waals surface area (Å²) < 4.78 is 0. The average Bonchev–Trinajstić information content (AvgIpc) is 2.55. The van der Waals surface area contributed by atoms with E-state index < -0.39 is 0 Å². The zero-order valence-corrected chi connectivity index (χ0v) is 14.0. The van der Waals surface area contributed by atoms with Crippen molar-refractivity contribution in [1.29, 1.82) is 0 Å². The highest BCUT2D eigenvalue weighted by Gasteiger charge is 2.29. The van der Waals surface area contributed by atoms with Gasteiger partial charge in [0.2, 0.25) is 11.8 Å². The van der Waals surface area contributed by atoms with Crippen LogP contribution in [0.1, 0.15) is 72.1 Å². The second-order valence-electron chi connectivity index (χ2n) is 6.59. The van der Waals surface area contributed by atoms with Crippen molar-refractivity contribution in [3.8, 4) is 0 Å². The highest BCUT2D eigenvalue weighted by atomic mass is 16.2. The van der Waals surface area contributed by atoms with Crippen LogP contribution in [0, 0.1) is 5.92 Å². The number of hydrogen-bond donors (Lipinski definition) is 1. The molecule has 1 rings (SSSR count). The van der Waals surface area contributed by atoms with E-state index in [1.165, 1.54) is 32.1 Å². The van der Waals surface area contributed by atoms with Crippen molar-refractivity contribution < 1.29 is 9.59 Å². The molecular weight excluding hydrogens is 264 g/mol. The van der Waals surface area contributed by atoms with Gasteiger partial charge in [-0.05, 0) is 18.8 Å². The first-order chi connectivity index (χ1) is 10.0. The van der Waals surface area contributed by atoms with E-state index in [9.17, 15) is 9.59 Å². The van der Waals surface area contributed by atoms with Crippen LogP contribution in [0.25, 0.3) is 0 Å². The Bertz CT molecular complexity index is 329. The lowest BCUT2D eigenvalue weighted by Crippen LogP contribution is -2.45. The maximum atomic E-state index is 12.5. The summed E-state index contributed by atoms with van der Waals surface area (Å²) in [6.45, 7) is 7.77. The third-order valence-electron chi connectivity index (χ3n) is 4.04. The van der Waals surface area contributed by atoms with Gasteiger partial charge in [-0.25, -0.2) is 0 Å². The summed E-state index contributed by atoms with van der Waals surface area (Å²) in [4.78, 5) is 26.1. The zero-order chi connectivity index (χ0) is 15.7. The Morgan fingerprint density at radius 3 is 2.48 bits per heavy atom. The molecule has 21 heavy (non-hydrogen) atoms. The summed E-state index contributed by atoms with van der Waals surface area (Å²) in [5.74, 6) is 0.538. The van der Waals surface area contributed by atoms with Crippen LogP contribution in [-0.4, -0.2) is 35.8 Å². The van der Waals surface area contributed by atoms with Gasteiger partial charge in [0, 0.05) is 19.5 Å². The van der Waals surface area contributed by atoms with E-state index in [4.69, 9.17) is 0 Å². The number of nitrogens with zero attached hydrogens (tertiary/aromatic N) is 1. The quantitative estimate of drug-likeness (QED) is 0.665. The first kappa shape index (κ1) is 18.0. The molecule has 0 saturated carbocycles. The molecule has 1 N–H and O–H groups in total. The predicted octanol–water partition coefficient (Wildman–Crippen LogP) is 3.11. The van der Waals surface area contributed by atoms with E-state index in [0.29, 0.717) is 18.9 Å². The van der Waals surface area contributed by atoms with Gasteiger partial charge in [-0.2, -0.15) is 0 Å². The molecule has 0 bridgehead atoms. The Hall–Kier alpha value is -1.06. The maximum absolute atomic E-state index is 12.5. The van der Waals surface area contributed by atoms with Crippen LogP contribution in [0.3, 0.4) is 0 Å². The van der Waals surface area contributed by atoms with E-state index in [1.807, 2.05) is 4.90 Å². The highest BCUT2D eigenvalue weighted by Crippen LogP contribution is 2.13. The minimum Gasteiger partial charge on any atom is -0.344 e. The van der Waals surface area contributed by atoms with Gasteiger partial charge in [0.25, 0.3) is 0 Å². The number of amides is 2. The van der Waals surface area contributed by atoms with Gasteiger partial charge in [-0.1, -0.05) is 52.9 Å². The van der Waals surface area contributed by atoms with E-state index in [2.05, 4.69) is 26.1 Å². The standard InChI is InChI=1S/C17H32N2O2/c1-4-5-6-7-8-9-11-19-12-10-16(20)18-15(17(19)21)13-14(2)3/h14-15H,4-13H2,1-3H3,(H,18,20). The molecule has 1 unspecified atom stereocenters. The normalized spacial score (nSPS) is 19.8. The molecule has 1 heterocycles. The number of carbonyl (C=O) groups excluding carboxylic acids is 2. The molecule has 0 aromatic carbocycles. The second kappa shape index (κ2) is 9.80. The Labute approximate surface area is 129 Å². The maximum Gasteiger partial charge on any atom is 0.245 e.